The van der Waals surface area contributed by atoms with E-state index < -0.39 is 0 Å². The fourth-order valence-corrected chi connectivity index (χ4v) is 3.10. The molecule has 124 valence electrons. The molecule has 0 aliphatic carbocycles. The second kappa shape index (κ2) is 6.92. The van der Waals surface area contributed by atoms with Crippen molar-refractivity contribution in [3.63, 3.8) is 0 Å². The minimum Gasteiger partial charge on any atom is -0.339 e. The summed E-state index contributed by atoms with van der Waals surface area (Å²) in [5.74, 6) is 0.636. The Morgan fingerprint density at radius 1 is 1.33 bits per heavy atom. The van der Waals surface area contributed by atoms with Crippen LogP contribution in [-0.2, 0) is 17.6 Å². The number of anilines is 1. The molecule has 3 aromatic rings. The fourth-order valence-electron chi connectivity index (χ4n) is 2.20. The van der Waals surface area contributed by atoms with Gasteiger partial charge in [-0.1, -0.05) is 24.2 Å². The van der Waals surface area contributed by atoms with E-state index in [0.29, 0.717) is 18.1 Å². The molecule has 2 heterocycles. The Balaban J connectivity index is 1.70. The van der Waals surface area contributed by atoms with E-state index in [1.54, 1.807) is 12.1 Å². The van der Waals surface area contributed by atoms with Crippen molar-refractivity contribution in [1.29, 1.82) is 0 Å². The van der Waals surface area contributed by atoms with Gasteiger partial charge in [0.15, 0.2) is 0 Å². The molecule has 0 unspecified atom stereocenters. The van der Waals surface area contributed by atoms with E-state index in [-0.39, 0.29) is 18.1 Å². The highest BCUT2D eigenvalue weighted by Crippen LogP contribution is 2.32. The lowest BCUT2D eigenvalue weighted by Crippen LogP contribution is -2.14. The summed E-state index contributed by atoms with van der Waals surface area (Å²) in [5, 5.41) is 6.82. The van der Waals surface area contributed by atoms with Crippen molar-refractivity contribution in [2.24, 2.45) is 0 Å². The third-order valence-electron chi connectivity index (χ3n) is 3.46. The highest BCUT2D eigenvalue weighted by molar-refractivity contribution is 7.16. The molecule has 0 spiro atoms. The zero-order chi connectivity index (χ0) is 17.1. The number of benzene rings is 1. The Labute approximate surface area is 142 Å². The SMILES string of the molecule is CCc1nc(-c2cc(NC(=O)Cc3ccc(F)cc3)c(C)s2)no1. The number of carbonyl (C=O) groups is 1. The van der Waals surface area contributed by atoms with Gasteiger partial charge in [-0.05, 0) is 30.7 Å². The number of nitrogens with zero attached hydrogens (tertiary/aromatic N) is 2. The average Bonchev–Trinajstić information content (AvgIpc) is 3.17. The molecule has 0 saturated carbocycles. The summed E-state index contributed by atoms with van der Waals surface area (Å²) >= 11 is 1.49. The molecule has 5 nitrogen and oxygen atoms in total. The first-order valence-electron chi connectivity index (χ1n) is 7.53. The first kappa shape index (κ1) is 16.3. The number of nitrogens with one attached hydrogen (secondary N) is 1. The molecule has 0 radical (unpaired) electrons. The van der Waals surface area contributed by atoms with Crippen molar-refractivity contribution in [2.45, 2.75) is 26.7 Å². The zero-order valence-corrected chi connectivity index (χ0v) is 14.1. The van der Waals surface area contributed by atoms with Gasteiger partial charge in [-0.15, -0.1) is 11.3 Å². The first-order valence-corrected chi connectivity index (χ1v) is 8.34. The van der Waals surface area contributed by atoms with E-state index in [1.165, 1.54) is 23.5 Å². The standard InChI is InChI=1S/C17H16FN3O2S/c1-3-16-20-17(21-23-16)14-9-13(10(2)24-14)19-15(22)8-11-4-6-12(18)7-5-11/h4-7,9H,3,8H2,1-2H3,(H,19,22). The Morgan fingerprint density at radius 3 is 2.75 bits per heavy atom. The summed E-state index contributed by atoms with van der Waals surface area (Å²) in [5.41, 5.74) is 1.48. The number of aromatic nitrogens is 2. The highest BCUT2D eigenvalue weighted by atomic mass is 32.1. The number of rotatable bonds is 5. The lowest BCUT2D eigenvalue weighted by atomic mass is 10.1. The molecule has 0 atom stereocenters. The van der Waals surface area contributed by atoms with Crippen LogP contribution in [0.5, 0.6) is 0 Å². The third kappa shape index (κ3) is 3.68. The zero-order valence-electron chi connectivity index (χ0n) is 13.3. The maximum atomic E-state index is 12.9. The van der Waals surface area contributed by atoms with Crippen LogP contribution in [0, 0.1) is 12.7 Å². The van der Waals surface area contributed by atoms with Crippen LogP contribution in [0.15, 0.2) is 34.9 Å². The summed E-state index contributed by atoms with van der Waals surface area (Å²) in [4.78, 5) is 18.3. The molecule has 1 N–H and O–H groups in total. The molecule has 0 aliphatic heterocycles. The predicted molar refractivity (Wildman–Crippen MR) is 90.5 cm³/mol. The summed E-state index contributed by atoms with van der Waals surface area (Å²) in [6, 6.07) is 7.74. The predicted octanol–water partition coefficient (Wildman–Crippen LogP) is 3.99. The van der Waals surface area contributed by atoms with Crippen molar-refractivity contribution in [3.05, 3.63) is 52.5 Å². The van der Waals surface area contributed by atoms with Crippen LogP contribution >= 0.6 is 11.3 Å². The van der Waals surface area contributed by atoms with Crippen LogP contribution in [0.1, 0.15) is 23.3 Å². The summed E-state index contributed by atoms with van der Waals surface area (Å²) in [6.07, 6.45) is 0.867. The molecule has 0 fully saturated rings. The van der Waals surface area contributed by atoms with Gasteiger partial charge in [0.05, 0.1) is 17.0 Å². The van der Waals surface area contributed by atoms with Crippen LogP contribution in [0.2, 0.25) is 0 Å². The Kier molecular flexibility index (Phi) is 4.71. The number of thiophene rings is 1. The molecule has 0 bridgehead atoms. The van der Waals surface area contributed by atoms with Gasteiger partial charge in [0, 0.05) is 11.3 Å². The summed E-state index contributed by atoms with van der Waals surface area (Å²) in [6.45, 7) is 3.86. The van der Waals surface area contributed by atoms with E-state index in [2.05, 4.69) is 15.5 Å². The van der Waals surface area contributed by atoms with Crippen molar-refractivity contribution >= 4 is 22.9 Å². The number of halogens is 1. The van der Waals surface area contributed by atoms with Crippen LogP contribution < -0.4 is 5.32 Å². The molecule has 0 aliphatic rings. The number of amides is 1. The minimum absolute atomic E-state index is 0.156. The van der Waals surface area contributed by atoms with E-state index >= 15 is 0 Å². The Hall–Kier alpha value is -2.54. The van der Waals surface area contributed by atoms with Gasteiger partial charge in [0.2, 0.25) is 17.6 Å². The molecule has 24 heavy (non-hydrogen) atoms. The Morgan fingerprint density at radius 2 is 2.08 bits per heavy atom. The third-order valence-corrected chi connectivity index (χ3v) is 4.51. The quantitative estimate of drug-likeness (QED) is 0.759. The maximum absolute atomic E-state index is 12.9. The fraction of sp³-hybridized carbons (Fsp3) is 0.235. The molecule has 2 aromatic heterocycles. The van der Waals surface area contributed by atoms with Crippen LogP contribution in [0.4, 0.5) is 10.1 Å². The first-order chi connectivity index (χ1) is 11.5. The second-order valence-electron chi connectivity index (χ2n) is 5.30. The molecular formula is C17H16FN3O2S. The van der Waals surface area contributed by atoms with Gasteiger partial charge in [-0.2, -0.15) is 4.98 Å². The van der Waals surface area contributed by atoms with Crippen LogP contribution in [0.3, 0.4) is 0 Å². The van der Waals surface area contributed by atoms with E-state index in [0.717, 1.165) is 21.0 Å². The topological polar surface area (TPSA) is 68.0 Å². The largest absolute Gasteiger partial charge is 0.339 e. The smallest absolute Gasteiger partial charge is 0.228 e. The normalized spacial score (nSPS) is 10.8. The molecule has 3 rings (SSSR count). The second-order valence-corrected chi connectivity index (χ2v) is 6.55. The summed E-state index contributed by atoms with van der Waals surface area (Å²) < 4.78 is 18.0. The summed E-state index contributed by atoms with van der Waals surface area (Å²) in [7, 11) is 0. The molecule has 1 amide bonds. The van der Waals surface area contributed by atoms with Gasteiger partial charge in [0.1, 0.15) is 5.82 Å². The molecule has 1 aromatic carbocycles. The van der Waals surface area contributed by atoms with Gasteiger partial charge >= 0.3 is 0 Å². The molecule has 7 heteroatoms. The van der Waals surface area contributed by atoms with Crippen molar-refractivity contribution in [1.82, 2.24) is 10.1 Å². The molecular weight excluding hydrogens is 329 g/mol. The van der Waals surface area contributed by atoms with E-state index in [9.17, 15) is 9.18 Å². The molecule has 0 saturated heterocycles. The van der Waals surface area contributed by atoms with Crippen molar-refractivity contribution in [2.75, 3.05) is 5.32 Å². The number of hydrogen-bond donors (Lipinski definition) is 1. The Bertz CT molecular complexity index is 855. The van der Waals surface area contributed by atoms with Crippen molar-refractivity contribution < 1.29 is 13.7 Å². The van der Waals surface area contributed by atoms with E-state index in [4.69, 9.17) is 4.52 Å². The highest BCUT2D eigenvalue weighted by Gasteiger charge is 2.14. The van der Waals surface area contributed by atoms with Crippen LogP contribution in [0.25, 0.3) is 10.7 Å². The monoisotopic (exact) mass is 345 g/mol. The lowest BCUT2D eigenvalue weighted by Gasteiger charge is -2.04. The van der Waals surface area contributed by atoms with E-state index in [1.807, 2.05) is 19.9 Å². The van der Waals surface area contributed by atoms with Gasteiger partial charge in [-0.3, -0.25) is 4.79 Å². The van der Waals surface area contributed by atoms with Crippen molar-refractivity contribution in [3.8, 4) is 10.7 Å². The number of aryl methyl sites for hydroxylation is 2. The van der Waals surface area contributed by atoms with Gasteiger partial charge in [-0.25, -0.2) is 4.39 Å². The number of carbonyl (C=O) groups excluding carboxylic acids is 1. The number of hydrogen-bond acceptors (Lipinski definition) is 5. The minimum atomic E-state index is -0.316. The lowest BCUT2D eigenvalue weighted by molar-refractivity contribution is -0.115. The van der Waals surface area contributed by atoms with Gasteiger partial charge < -0.3 is 9.84 Å². The van der Waals surface area contributed by atoms with Crippen LogP contribution in [-0.4, -0.2) is 16.0 Å². The average molecular weight is 345 g/mol. The maximum Gasteiger partial charge on any atom is 0.228 e. The van der Waals surface area contributed by atoms with Gasteiger partial charge in [0.25, 0.3) is 0 Å².